The molecule has 0 radical (unpaired) electrons. The van der Waals surface area contributed by atoms with Crippen LogP contribution >= 0.6 is 0 Å². The third kappa shape index (κ3) is 1.82. The lowest BCUT2D eigenvalue weighted by molar-refractivity contribution is 0.504. The van der Waals surface area contributed by atoms with Crippen molar-refractivity contribution in [1.29, 1.82) is 0 Å². The predicted octanol–water partition coefficient (Wildman–Crippen LogP) is 2.24. The molecule has 1 N–H and O–H groups in total. The predicted molar refractivity (Wildman–Crippen MR) is 65.5 cm³/mol. The van der Waals surface area contributed by atoms with Gasteiger partial charge in [0.15, 0.2) is 0 Å². The van der Waals surface area contributed by atoms with E-state index in [0.29, 0.717) is 11.6 Å². The van der Waals surface area contributed by atoms with Crippen molar-refractivity contribution in [3.8, 4) is 0 Å². The molecule has 0 spiro atoms. The van der Waals surface area contributed by atoms with Crippen molar-refractivity contribution in [3.05, 3.63) is 29.8 Å². The zero-order valence-corrected chi connectivity index (χ0v) is 9.91. The first kappa shape index (κ1) is 10.7. The summed E-state index contributed by atoms with van der Waals surface area (Å²) in [6, 6.07) is 5.53. The minimum Gasteiger partial charge on any atom is -0.324 e. The zero-order valence-electron chi connectivity index (χ0n) is 9.91. The minimum absolute atomic E-state index is 0.180. The third-order valence-corrected chi connectivity index (χ3v) is 3.47. The molecule has 3 rings (SSSR count). The standard InChI is InChI=1S/C13H16FN3/c1-9-16-12-6-2-5-11(14)13(12)17(9)8-10-4-3-7-15-10/h2,5-6,10,15H,3-4,7-8H2,1H3. The Morgan fingerprint density at radius 1 is 1.53 bits per heavy atom. The molecule has 0 aliphatic carbocycles. The van der Waals surface area contributed by atoms with Gasteiger partial charge in [0.05, 0.1) is 5.52 Å². The van der Waals surface area contributed by atoms with Gasteiger partial charge in [0, 0.05) is 12.6 Å². The summed E-state index contributed by atoms with van der Waals surface area (Å²) in [5, 5.41) is 3.44. The van der Waals surface area contributed by atoms with Crippen LogP contribution in [0.15, 0.2) is 18.2 Å². The number of nitrogens with zero attached hydrogens (tertiary/aromatic N) is 2. The van der Waals surface area contributed by atoms with E-state index in [1.165, 1.54) is 12.5 Å². The molecule has 1 saturated heterocycles. The summed E-state index contributed by atoms with van der Waals surface area (Å²) < 4.78 is 15.8. The van der Waals surface area contributed by atoms with Crippen LogP contribution in [0, 0.1) is 12.7 Å². The maximum absolute atomic E-state index is 13.9. The summed E-state index contributed by atoms with van der Waals surface area (Å²) in [7, 11) is 0. The molecule has 2 aromatic rings. The number of fused-ring (bicyclic) bond motifs is 1. The minimum atomic E-state index is -0.180. The highest BCUT2D eigenvalue weighted by atomic mass is 19.1. The number of hydrogen-bond acceptors (Lipinski definition) is 2. The molecule has 1 aromatic carbocycles. The smallest absolute Gasteiger partial charge is 0.149 e. The molecule has 17 heavy (non-hydrogen) atoms. The van der Waals surface area contributed by atoms with Crippen LogP contribution in [-0.2, 0) is 6.54 Å². The molecule has 1 fully saturated rings. The number of aromatic nitrogens is 2. The van der Waals surface area contributed by atoms with Crippen LogP contribution in [0.1, 0.15) is 18.7 Å². The molecule has 90 valence electrons. The van der Waals surface area contributed by atoms with Crippen LogP contribution in [0.2, 0.25) is 0 Å². The fourth-order valence-corrected chi connectivity index (χ4v) is 2.61. The van der Waals surface area contributed by atoms with Crippen LogP contribution < -0.4 is 5.32 Å². The summed E-state index contributed by atoms with van der Waals surface area (Å²) >= 11 is 0. The van der Waals surface area contributed by atoms with Gasteiger partial charge in [0.25, 0.3) is 0 Å². The maximum atomic E-state index is 13.9. The lowest BCUT2D eigenvalue weighted by Gasteiger charge is -2.13. The fraction of sp³-hybridized carbons (Fsp3) is 0.462. The molecular weight excluding hydrogens is 217 g/mol. The van der Waals surface area contributed by atoms with E-state index in [1.807, 2.05) is 17.6 Å². The van der Waals surface area contributed by atoms with Gasteiger partial charge in [-0.3, -0.25) is 0 Å². The SMILES string of the molecule is Cc1nc2cccc(F)c2n1CC1CCCN1. The van der Waals surface area contributed by atoms with E-state index < -0.39 is 0 Å². The zero-order chi connectivity index (χ0) is 11.8. The van der Waals surface area contributed by atoms with Gasteiger partial charge in [-0.05, 0) is 38.4 Å². The van der Waals surface area contributed by atoms with Crippen molar-refractivity contribution in [3.63, 3.8) is 0 Å². The second-order valence-electron chi connectivity index (χ2n) is 4.67. The molecule has 1 aromatic heterocycles. The van der Waals surface area contributed by atoms with Crippen LogP contribution in [0.25, 0.3) is 11.0 Å². The molecule has 3 nitrogen and oxygen atoms in total. The van der Waals surface area contributed by atoms with Gasteiger partial charge in [-0.1, -0.05) is 6.07 Å². The van der Waals surface area contributed by atoms with E-state index in [0.717, 1.165) is 30.9 Å². The van der Waals surface area contributed by atoms with E-state index in [1.54, 1.807) is 6.07 Å². The van der Waals surface area contributed by atoms with Crippen molar-refractivity contribution in [2.45, 2.75) is 32.4 Å². The maximum Gasteiger partial charge on any atom is 0.149 e. The highest BCUT2D eigenvalue weighted by Gasteiger charge is 2.18. The number of hydrogen-bond donors (Lipinski definition) is 1. The summed E-state index contributed by atoms with van der Waals surface area (Å²) in [5.41, 5.74) is 1.39. The number of para-hydroxylation sites is 1. The highest BCUT2D eigenvalue weighted by Crippen LogP contribution is 2.20. The van der Waals surface area contributed by atoms with Crippen molar-refractivity contribution < 1.29 is 4.39 Å². The second kappa shape index (κ2) is 4.11. The van der Waals surface area contributed by atoms with Crippen molar-refractivity contribution in [1.82, 2.24) is 14.9 Å². The van der Waals surface area contributed by atoms with Crippen LogP contribution in [0.4, 0.5) is 4.39 Å². The first-order valence-corrected chi connectivity index (χ1v) is 6.10. The summed E-state index contributed by atoms with van der Waals surface area (Å²) in [6.07, 6.45) is 2.37. The van der Waals surface area contributed by atoms with E-state index in [9.17, 15) is 4.39 Å². The molecule has 1 atom stereocenters. The monoisotopic (exact) mass is 233 g/mol. The second-order valence-corrected chi connectivity index (χ2v) is 4.67. The van der Waals surface area contributed by atoms with Gasteiger partial charge >= 0.3 is 0 Å². The summed E-state index contributed by atoms with van der Waals surface area (Å²) in [5.74, 6) is 0.708. The molecule has 0 bridgehead atoms. The Kier molecular flexibility index (Phi) is 2.59. The van der Waals surface area contributed by atoms with Crippen LogP contribution in [-0.4, -0.2) is 22.1 Å². The molecule has 2 heterocycles. The van der Waals surface area contributed by atoms with Crippen LogP contribution in [0.5, 0.6) is 0 Å². The lowest BCUT2D eigenvalue weighted by Crippen LogP contribution is -2.27. The highest BCUT2D eigenvalue weighted by molar-refractivity contribution is 5.76. The van der Waals surface area contributed by atoms with E-state index in [-0.39, 0.29) is 5.82 Å². The third-order valence-electron chi connectivity index (χ3n) is 3.47. The molecule has 0 amide bonds. The number of rotatable bonds is 2. The van der Waals surface area contributed by atoms with Gasteiger partial charge in [0.1, 0.15) is 17.2 Å². The first-order chi connectivity index (χ1) is 8.25. The fourth-order valence-electron chi connectivity index (χ4n) is 2.61. The number of aryl methyl sites for hydroxylation is 1. The Hall–Kier alpha value is -1.42. The molecule has 0 saturated carbocycles. The normalized spacial score (nSPS) is 20.2. The topological polar surface area (TPSA) is 29.9 Å². The largest absolute Gasteiger partial charge is 0.324 e. The average Bonchev–Trinajstić information content (AvgIpc) is 2.89. The van der Waals surface area contributed by atoms with E-state index in [4.69, 9.17) is 0 Å². The molecular formula is C13H16FN3. The lowest BCUT2D eigenvalue weighted by atomic mass is 10.2. The average molecular weight is 233 g/mol. The Bertz CT molecular complexity index is 541. The number of imidazole rings is 1. The summed E-state index contributed by atoms with van der Waals surface area (Å²) in [4.78, 5) is 4.41. The van der Waals surface area contributed by atoms with Crippen molar-refractivity contribution in [2.75, 3.05) is 6.54 Å². The Morgan fingerprint density at radius 2 is 2.41 bits per heavy atom. The Morgan fingerprint density at radius 3 is 3.18 bits per heavy atom. The number of benzene rings is 1. The van der Waals surface area contributed by atoms with Gasteiger partial charge in [-0.25, -0.2) is 9.37 Å². The number of nitrogens with one attached hydrogen (secondary N) is 1. The molecule has 1 aliphatic rings. The van der Waals surface area contributed by atoms with E-state index in [2.05, 4.69) is 10.3 Å². The van der Waals surface area contributed by atoms with E-state index >= 15 is 0 Å². The Labute approximate surface area is 99.7 Å². The van der Waals surface area contributed by atoms with Gasteiger partial charge < -0.3 is 9.88 Å². The Balaban J connectivity index is 2.04. The van der Waals surface area contributed by atoms with Gasteiger partial charge in [-0.2, -0.15) is 0 Å². The quantitative estimate of drug-likeness (QED) is 0.862. The van der Waals surface area contributed by atoms with Gasteiger partial charge in [0.2, 0.25) is 0 Å². The van der Waals surface area contributed by atoms with Crippen molar-refractivity contribution >= 4 is 11.0 Å². The molecule has 4 heteroatoms. The molecule has 1 aliphatic heterocycles. The summed E-state index contributed by atoms with van der Waals surface area (Å²) in [6.45, 7) is 3.82. The molecule has 1 unspecified atom stereocenters. The van der Waals surface area contributed by atoms with Crippen molar-refractivity contribution in [2.24, 2.45) is 0 Å². The first-order valence-electron chi connectivity index (χ1n) is 6.10. The number of halogens is 1. The van der Waals surface area contributed by atoms with Crippen LogP contribution in [0.3, 0.4) is 0 Å². The van der Waals surface area contributed by atoms with Gasteiger partial charge in [-0.15, -0.1) is 0 Å².